The van der Waals surface area contributed by atoms with E-state index in [4.69, 9.17) is 10.5 Å². The van der Waals surface area contributed by atoms with Gasteiger partial charge in [0.2, 0.25) is 5.91 Å². The lowest BCUT2D eigenvalue weighted by Crippen LogP contribution is -2.13. The molecule has 1 amide bonds. The number of carbonyl (C=O) groups excluding carboxylic acids is 1. The van der Waals surface area contributed by atoms with Crippen LogP contribution in [0.2, 0.25) is 0 Å². The number of benzene rings is 1. The summed E-state index contributed by atoms with van der Waals surface area (Å²) < 4.78 is 5.65. The van der Waals surface area contributed by atoms with E-state index < -0.39 is 0 Å². The minimum absolute atomic E-state index is 0.371. The van der Waals surface area contributed by atoms with E-state index in [1.807, 2.05) is 19.1 Å². The predicted molar refractivity (Wildman–Crippen MR) is 58.0 cm³/mol. The van der Waals surface area contributed by atoms with Gasteiger partial charge in [0.25, 0.3) is 0 Å². The normalized spacial score (nSPS) is 15.0. The van der Waals surface area contributed by atoms with Crippen LogP contribution >= 0.6 is 0 Å². The number of hydrogen-bond acceptors (Lipinski definition) is 2. The summed E-state index contributed by atoms with van der Waals surface area (Å²) in [5, 5.41) is 0. The molecule has 0 aliphatic heterocycles. The third-order valence-corrected chi connectivity index (χ3v) is 2.55. The van der Waals surface area contributed by atoms with E-state index in [-0.39, 0.29) is 5.91 Å². The Bertz CT molecular complexity index is 383. The van der Waals surface area contributed by atoms with Gasteiger partial charge < -0.3 is 10.5 Å². The molecule has 3 heteroatoms. The Morgan fingerprint density at radius 1 is 1.53 bits per heavy atom. The van der Waals surface area contributed by atoms with Gasteiger partial charge in [-0.25, -0.2) is 0 Å². The van der Waals surface area contributed by atoms with Gasteiger partial charge in [0.1, 0.15) is 5.75 Å². The average Bonchev–Trinajstić information content (AvgIpc) is 3.01. The van der Waals surface area contributed by atoms with Gasteiger partial charge in [-0.1, -0.05) is 6.92 Å². The lowest BCUT2D eigenvalue weighted by Gasteiger charge is -2.08. The largest absolute Gasteiger partial charge is 0.490 e. The quantitative estimate of drug-likeness (QED) is 0.816. The summed E-state index contributed by atoms with van der Waals surface area (Å²) in [6, 6.07) is 5.48. The van der Waals surface area contributed by atoms with Crippen molar-refractivity contribution < 1.29 is 9.53 Å². The van der Waals surface area contributed by atoms with E-state index in [0.717, 1.165) is 30.6 Å². The average molecular weight is 205 g/mol. The van der Waals surface area contributed by atoms with Crippen LogP contribution in [0, 0.1) is 0 Å². The number of aryl methyl sites for hydroxylation is 1. The highest BCUT2D eigenvalue weighted by Gasteiger charge is 2.23. The van der Waals surface area contributed by atoms with Crippen molar-refractivity contribution in [2.45, 2.75) is 32.3 Å². The molecule has 0 bridgehead atoms. The molecule has 3 nitrogen and oxygen atoms in total. The second kappa shape index (κ2) is 3.93. The van der Waals surface area contributed by atoms with Gasteiger partial charge in [0.15, 0.2) is 0 Å². The number of rotatable bonds is 4. The number of nitrogens with two attached hydrogens (primary N) is 1. The molecule has 0 spiro atoms. The maximum atomic E-state index is 11.1. The van der Waals surface area contributed by atoms with Crippen LogP contribution in [0.5, 0.6) is 5.75 Å². The van der Waals surface area contributed by atoms with Crippen LogP contribution < -0.4 is 10.5 Å². The highest BCUT2D eigenvalue weighted by molar-refractivity contribution is 5.94. The molecule has 0 aromatic heterocycles. The van der Waals surface area contributed by atoms with Crippen molar-refractivity contribution in [3.63, 3.8) is 0 Å². The topological polar surface area (TPSA) is 52.3 Å². The second-order valence-electron chi connectivity index (χ2n) is 3.85. The van der Waals surface area contributed by atoms with Crippen molar-refractivity contribution in [3.8, 4) is 5.75 Å². The van der Waals surface area contributed by atoms with Crippen molar-refractivity contribution in [1.29, 1.82) is 0 Å². The minimum atomic E-state index is -0.371. The molecular formula is C12H15NO2. The summed E-state index contributed by atoms with van der Waals surface area (Å²) in [6.07, 6.45) is 3.45. The van der Waals surface area contributed by atoms with Gasteiger partial charge in [-0.15, -0.1) is 0 Å². The molecular weight excluding hydrogens is 190 g/mol. The highest BCUT2D eigenvalue weighted by atomic mass is 16.5. The number of carbonyl (C=O) groups is 1. The Labute approximate surface area is 89.2 Å². The van der Waals surface area contributed by atoms with E-state index in [0.29, 0.717) is 11.7 Å². The molecule has 1 aliphatic rings. The zero-order valence-corrected chi connectivity index (χ0v) is 8.82. The lowest BCUT2D eigenvalue weighted by atomic mass is 10.0. The smallest absolute Gasteiger partial charge is 0.248 e. The van der Waals surface area contributed by atoms with E-state index in [2.05, 4.69) is 0 Å². The van der Waals surface area contributed by atoms with Crippen LogP contribution in [0.3, 0.4) is 0 Å². The number of ether oxygens (including phenoxy) is 1. The molecule has 2 N–H and O–H groups in total. The molecule has 1 fully saturated rings. The lowest BCUT2D eigenvalue weighted by molar-refractivity contribution is 0.0999. The first-order valence-corrected chi connectivity index (χ1v) is 5.30. The van der Waals surface area contributed by atoms with Crippen molar-refractivity contribution in [2.24, 2.45) is 5.73 Å². The fourth-order valence-electron chi connectivity index (χ4n) is 1.55. The Hall–Kier alpha value is -1.51. The molecule has 2 rings (SSSR count). The van der Waals surface area contributed by atoms with Crippen LogP contribution in [0.25, 0.3) is 0 Å². The van der Waals surface area contributed by atoms with E-state index in [1.165, 1.54) is 0 Å². The Morgan fingerprint density at radius 3 is 2.80 bits per heavy atom. The Kier molecular flexibility index (Phi) is 2.62. The molecule has 1 aromatic rings. The van der Waals surface area contributed by atoms with Gasteiger partial charge in [-0.3, -0.25) is 4.79 Å². The number of amides is 1. The van der Waals surface area contributed by atoms with Crippen LogP contribution in [0.1, 0.15) is 35.7 Å². The maximum Gasteiger partial charge on any atom is 0.248 e. The molecule has 1 aliphatic carbocycles. The van der Waals surface area contributed by atoms with Crippen molar-refractivity contribution in [3.05, 3.63) is 29.3 Å². The van der Waals surface area contributed by atoms with Crippen molar-refractivity contribution >= 4 is 5.91 Å². The van der Waals surface area contributed by atoms with Crippen LogP contribution in [-0.4, -0.2) is 12.0 Å². The zero-order chi connectivity index (χ0) is 10.8. The zero-order valence-electron chi connectivity index (χ0n) is 8.82. The highest BCUT2D eigenvalue weighted by Crippen LogP contribution is 2.28. The molecule has 80 valence electrons. The summed E-state index contributed by atoms with van der Waals surface area (Å²) in [5.41, 5.74) is 6.83. The van der Waals surface area contributed by atoms with Crippen molar-refractivity contribution in [2.75, 3.05) is 0 Å². The summed E-state index contributed by atoms with van der Waals surface area (Å²) in [7, 11) is 0. The molecule has 0 atom stereocenters. The first-order chi connectivity index (χ1) is 7.20. The monoisotopic (exact) mass is 205 g/mol. The fourth-order valence-corrected chi connectivity index (χ4v) is 1.55. The minimum Gasteiger partial charge on any atom is -0.490 e. The SMILES string of the molecule is CCc1cc(OC2CC2)ccc1C(N)=O. The third kappa shape index (κ3) is 2.29. The molecule has 0 unspecified atom stereocenters. The molecule has 1 saturated carbocycles. The van der Waals surface area contributed by atoms with Crippen LogP contribution in [0.15, 0.2) is 18.2 Å². The molecule has 0 radical (unpaired) electrons. The second-order valence-corrected chi connectivity index (χ2v) is 3.85. The molecule has 15 heavy (non-hydrogen) atoms. The fraction of sp³-hybridized carbons (Fsp3) is 0.417. The van der Waals surface area contributed by atoms with Gasteiger partial charge >= 0.3 is 0 Å². The Morgan fingerprint density at radius 2 is 2.27 bits per heavy atom. The summed E-state index contributed by atoms with van der Waals surface area (Å²) >= 11 is 0. The standard InChI is InChI=1S/C12H15NO2/c1-2-8-7-10(15-9-3-4-9)5-6-11(8)12(13)14/h5-7,9H,2-4H2,1H3,(H2,13,14). The van der Waals surface area contributed by atoms with Crippen LogP contribution in [-0.2, 0) is 6.42 Å². The summed E-state index contributed by atoms with van der Waals surface area (Å²) in [4.78, 5) is 11.1. The Balaban J connectivity index is 2.24. The van der Waals surface area contributed by atoms with E-state index >= 15 is 0 Å². The number of hydrogen-bond donors (Lipinski definition) is 1. The van der Waals surface area contributed by atoms with Crippen molar-refractivity contribution in [1.82, 2.24) is 0 Å². The van der Waals surface area contributed by atoms with Gasteiger partial charge in [0, 0.05) is 5.56 Å². The first kappa shape index (κ1) is 10.0. The summed E-state index contributed by atoms with van der Waals surface area (Å²) in [6.45, 7) is 2.00. The molecule has 0 heterocycles. The number of primary amides is 1. The van der Waals surface area contributed by atoms with Crippen LogP contribution in [0.4, 0.5) is 0 Å². The molecule has 1 aromatic carbocycles. The van der Waals surface area contributed by atoms with Gasteiger partial charge in [-0.2, -0.15) is 0 Å². The van der Waals surface area contributed by atoms with Gasteiger partial charge in [-0.05, 0) is 43.0 Å². The third-order valence-electron chi connectivity index (χ3n) is 2.55. The predicted octanol–water partition coefficient (Wildman–Crippen LogP) is 1.89. The summed E-state index contributed by atoms with van der Waals surface area (Å²) in [5.74, 6) is 0.476. The molecule has 0 saturated heterocycles. The van der Waals surface area contributed by atoms with E-state index in [9.17, 15) is 4.79 Å². The first-order valence-electron chi connectivity index (χ1n) is 5.30. The maximum absolute atomic E-state index is 11.1. The van der Waals surface area contributed by atoms with Gasteiger partial charge in [0.05, 0.1) is 6.10 Å². The van der Waals surface area contributed by atoms with E-state index in [1.54, 1.807) is 6.07 Å².